The van der Waals surface area contributed by atoms with Gasteiger partial charge in [-0.1, -0.05) is 26.0 Å². The molecule has 16 heavy (non-hydrogen) atoms. The van der Waals surface area contributed by atoms with Crippen LogP contribution in [0.1, 0.15) is 26.3 Å². The first kappa shape index (κ1) is 13.4. The molecule has 2 unspecified atom stereocenters. The molecule has 0 bridgehead atoms. The Kier molecular flexibility index (Phi) is 4.72. The smallest absolute Gasteiger partial charge is 0.162 e. The maximum Gasteiger partial charge on any atom is 0.162 e. The second kappa shape index (κ2) is 5.62. The van der Waals surface area contributed by atoms with Gasteiger partial charge in [-0.15, -0.1) is 11.6 Å². The van der Waals surface area contributed by atoms with E-state index in [1.54, 1.807) is 6.07 Å². The highest BCUT2D eigenvalue weighted by Crippen LogP contribution is 2.26. The Morgan fingerprint density at radius 1 is 1.19 bits per heavy atom. The molecule has 2 atom stereocenters. The minimum absolute atomic E-state index is 0.0531. The van der Waals surface area contributed by atoms with Crippen molar-refractivity contribution < 1.29 is 8.78 Å². The van der Waals surface area contributed by atoms with Gasteiger partial charge < -0.3 is 0 Å². The molecule has 1 aromatic rings. The van der Waals surface area contributed by atoms with Crippen molar-refractivity contribution in [2.24, 2.45) is 11.8 Å². The van der Waals surface area contributed by atoms with Crippen LogP contribution >= 0.6 is 11.6 Å². The summed E-state index contributed by atoms with van der Waals surface area (Å²) in [5.74, 6) is -1.04. The molecular formula is C13H17ClF2. The van der Waals surface area contributed by atoms with Gasteiger partial charge in [-0.05, 0) is 36.8 Å². The van der Waals surface area contributed by atoms with E-state index < -0.39 is 11.6 Å². The summed E-state index contributed by atoms with van der Waals surface area (Å²) >= 11 is 6.06. The highest BCUT2D eigenvalue weighted by molar-refractivity contribution is 6.20. The van der Waals surface area contributed by atoms with E-state index in [2.05, 4.69) is 0 Å². The van der Waals surface area contributed by atoms with E-state index in [9.17, 15) is 8.78 Å². The number of alkyl halides is 1. The summed E-state index contributed by atoms with van der Waals surface area (Å²) in [6.45, 7) is 5.98. The maximum atomic E-state index is 13.5. The summed E-state index contributed by atoms with van der Waals surface area (Å²) in [5, 5.41) is -0.0531. The largest absolute Gasteiger partial charge is 0.204 e. The molecule has 0 aliphatic carbocycles. The lowest BCUT2D eigenvalue weighted by atomic mass is 9.86. The molecular weight excluding hydrogens is 230 g/mol. The van der Waals surface area contributed by atoms with Crippen LogP contribution in [0.4, 0.5) is 8.78 Å². The van der Waals surface area contributed by atoms with Crippen LogP contribution in [-0.2, 0) is 6.42 Å². The maximum absolute atomic E-state index is 13.5. The van der Waals surface area contributed by atoms with Gasteiger partial charge >= 0.3 is 0 Å². The Morgan fingerprint density at radius 2 is 1.81 bits per heavy atom. The fraction of sp³-hybridized carbons (Fsp3) is 0.538. The highest BCUT2D eigenvalue weighted by Gasteiger charge is 2.21. The number of benzene rings is 1. The Labute approximate surface area is 101 Å². The molecule has 0 radical (unpaired) electrons. The Balaban J connectivity index is 2.90. The average Bonchev–Trinajstić information content (AvgIpc) is 2.19. The van der Waals surface area contributed by atoms with Crippen molar-refractivity contribution in [2.75, 3.05) is 0 Å². The van der Waals surface area contributed by atoms with E-state index in [-0.39, 0.29) is 11.3 Å². The summed E-state index contributed by atoms with van der Waals surface area (Å²) in [4.78, 5) is 0. The van der Waals surface area contributed by atoms with E-state index in [4.69, 9.17) is 11.6 Å². The Bertz CT molecular complexity index is 340. The van der Waals surface area contributed by atoms with Gasteiger partial charge in [0, 0.05) is 5.38 Å². The van der Waals surface area contributed by atoms with Crippen LogP contribution in [0.15, 0.2) is 18.2 Å². The number of hydrogen-bond donors (Lipinski definition) is 0. The molecule has 1 aromatic carbocycles. The van der Waals surface area contributed by atoms with Gasteiger partial charge in [0.1, 0.15) is 0 Å². The van der Waals surface area contributed by atoms with E-state index in [1.807, 2.05) is 20.8 Å². The minimum Gasteiger partial charge on any atom is -0.204 e. The van der Waals surface area contributed by atoms with Crippen molar-refractivity contribution in [1.29, 1.82) is 0 Å². The molecule has 0 aliphatic rings. The van der Waals surface area contributed by atoms with Gasteiger partial charge in [-0.2, -0.15) is 0 Å². The zero-order chi connectivity index (χ0) is 12.3. The molecule has 0 aromatic heterocycles. The molecule has 3 heteroatoms. The second-order valence-electron chi connectivity index (χ2n) is 4.50. The van der Waals surface area contributed by atoms with Crippen LogP contribution < -0.4 is 0 Å². The molecule has 0 aliphatic heterocycles. The van der Waals surface area contributed by atoms with E-state index in [1.165, 1.54) is 6.07 Å². The molecule has 90 valence electrons. The quantitative estimate of drug-likeness (QED) is 0.691. The zero-order valence-corrected chi connectivity index (χ0v) is 10.6. The standard InChI is InChI=1S/C13H17ClF2/c1-8(2)11(9(3)14)7-10-5-4-6-12(15)13(10)16/h4-6,8-9,11H,7H2,1-3H3. The third-order valence-electron chi connectivity index (χ3n) is 2.93. The molecule has 0 spiro atoms. The lowest BCUT2D eigenvalue weighted by Gasteiger charge is -2.23. The molecule has 0 amide bonds. The van der Waals surface area contributed by atoms with Crippen molar-refractivity contribution in [1.82, 2.24) is 0 Å². The van der Waals surface area contributed by atoms with Crippen LogP contribution in [0.5, 0.6) is 0 Å². The van der Waals surface area contributed by atoms with Gasteiger partial charge in [0.15, 0.2) is 11.6 Å². The minimum atomic E-state index is -0.790. The molecule has 0 N–H and O–H groups in total. The normalized spacial score (nSPS) is 15.2. The Morgan fingerprint density at radius 3 is 2.31 bits per heavy atom. The molecule has 0 heterocycles. The van der Waals surface area contributed by atoms with Crippen LogP contribution in [0.3, 0.4) is 0 Å². The average molecular weight is 247 g/mol. The van der Waals surface area contributed by atoms with E-state index >= 15 is 0 Å². The lowest BCUT2D eigenvalue weighted by molar-refractivity contribution is 0.368. The van der Waals surface area contributed by atoms with E-state index in [0.717, 1.165) is 6.07 Å². The van der Waals surface area contributed by atoms with Crippen LogP contribution in [-0.4, -0.2) is 5.38 Å². The molecule has 0 saturated heterocycles. The molecule has 0 saturated carbocycles. The van der Waals surface area contributed by atoms with Crippen molar-refractivity contribution in [3.63, 3.8) is 0 Å². The van der Waals surface area contributed by atoms with Crippen molar-refractivity contribution in [3.05, 3.63) is 35.4 Å². The van der Waals surface area contributed by atoms with Gasteiger partial charge in [-0.25, -0.2) is 8.78 Å². The predicted octanol–water partition coefficient (Wildman–Crippen LogP) is 4.41. The predicted molar refractivity (Wildman–Crippen MR) is 63.7 cm³/mol. The summed E-state index contributed by atoms with van der Waals surface area (Å²) in [5.41, 5.74) is 0.409. The van der Waals surface area contributed by atoms with E-state index in [0.29, 0.717) is 17.9 Å². The highest BCUT2D eigenvalue weighted by atomic mass is 35.5. The third kappa shape index (κ3) is 3.18. The first-order chi connectivity index (χ1) is 7.43. The first-order valence-corrected chi connectivity index (χ1v) is 5.94. The van der Waals surface area contributed by atoms with Crippen molar-refractivity contribution in [2.45, 2.75) is 32.6 Å². The van der Waals surface area contributed by atoms with Crippen molar-refractivity contribution >= 4 is 11.6 Å². The summed E-state index contributed by atoms with van der Waals surface area (Å²) in [6.07, 6.45) is 0.478. The van der Waals surface area contributed by atoms with Gasteiger partial charge in [-0.3, -0.25) is 0 Å². The van der Waals surface area contributed by atoms with Crippen LogP contribution in [0, 0.1) is 23.5 Å². The number of rotatable bonds is 4. The van der Waals surface area contributed by atoms with Crippen molar-refractivity contribution in [3.8, 4) is 0 Å². The topological polar surface area (TPSA) is 0 Å². The summed E-state index contributed by atoms with van der Waals surface area (Å²) in [6, 6.07) is 4.28. The Hall–Kier alpha value is -0.630. The number of halogens is 3. The fourth-order valence-corrected chi connectivity index (χ4v) is 2.27. The third-order valence-corrected chi connectivity index (χ3v) is 3.26. The lowest BCUT2D eigenvalue weighted by Crippen LogP contribution is -2.21. The monoisotopic (exact) mass is 246 g/mol. The number of hydrogen-bond acceptors (Lipinski definition) is 0. The fourth-order valence-electron chi connectivity index (χ4n) is 1.89. The first-order valence-electron chi connectivity index (χ1n) is 5.50. The van der Waals surface area contributed by atoms with Gasteiger partial charge in [0.2, 0.25) is 0 Å². The molecule has 1 rings (SSSR count). The summed E-state index contributed by atoms with van der Waals surface area (Å²) in [7, 11) is 0. The zero-order valence-electron chi connectivity index (χ0n) is 9.81. The molecule has 0 fully saturated rings. The second-order valence-corrected chi connectivity index (χ2v) is 5.19. The van der Waals surface area contributed by atoms with Crippen LogP contribution in [0.25, 0.3) is 0 Å². The summed E-state index contributed by atoms with van der Waals surface area (Å²) < 4.78 is 26.5. The SMILES string of the molecule is CC(C)C(Cc1cccc(F)c1F)C(C)Cl. The van der Waals surface area contributed by atoms with Gasteiger partial charge in [0.25, 0.3) is 0 Å². The molecule has 0 nitrogen and oxygen atoms in total. The van der Waals surface area contributed by atoms with Crippen LogP contribution in [0.2, 0.25) is 0 Å². The van der Waals surface area contributed by atoms with Gasteiger partial charge in [0.05, 0.1) is 0 Å².